The minimum Gasteiger partial charge on any atom is -0.481 e. The molecule has 2 aromatic rings. The molecule has 3 heterocycles. The van der Waals surface area contributed by atoms with Crippen molar-refractivity contribution in [1.29, 1.82) is 0 Å². The molecule has 2 aliphatic heterocycles. The fourth-order valence-corrected chi connectivity index (χ4v) is 10.7. The Morgan fingerprint density at radius 3 is 1.43 bits per heavy atom. The predicted octanol–water partition coefficient (Wildman–Crippen LogP) is -6.97. The standard InChI is InChI=1S/C60H90N16O20/c1-30(2)20-37(51(86)72-42(27-78)55(90)74-43(28-79)60(95)96)68-49(84)35(14-16-46(62)80)66-50(85)38(21-31(3)4)70-57(92)45-13-9-19-76(45)59(94)36(15-17-48(82)83)67-53(88)40(24-47(63)81)69-54(89)41(26-77)73-52(87)39(22-32-10-6-5-7-11-32)71-56(91)44-12-8-18-75(44)58(93)34(61)23-33-25-64-29-65-33/h5-7,10-11,25,29-31,34-45,77-79H,8-9,12-24,26-28,61H2,1-4H3,(H2,62,80)(H2,63,81)(H,64,65)(H,66,85)(H,67,88)(H,68,84)(H,69,89)(H,70,92)(H,71,91)(H,72,86)(H,73,87)(H,74,90)(H,82,83)(H,95,96)/t34-,35-,36-,37-,38-,39-,40-,41-,42-,43-,44-,45-/m0/s1. The molecule has 96 heavy (non-hydrogen) atoms. The molecule has 0 unspecified atom stereocenters. The van der Waals surface area contributed by atoms with Gasteiger partial charge in [0.25, 0.3) is 0 Å². The number of hydrogen-bond acceptors (Lipinski definition) is 20. The first-order valence-electron chi connectivity index (χ1n) is 31.3. The predicted molar refractivity (Wildman–Crippen MR) is 334 cm³/mol. The van der Waals surface area contributed by atoms with Gasteiger partial charge in [-0.25, -0.2) is 9.78 Å². The molecular weight excluding hydrogens is 1260 g/mol. The lowest BCUT2D eigenvalue weighted by Gasteiger charge is -2.31. The Balaban J connectivity index is 1.52. The lowest BCUT2D eigenvalue weighted by molar-refractivity contribution is -0.144. The van der Waals surface area contributed by atoms with E-state index in [0.29, 0.717) is 17.7 Å². The number of hydrogen-bond donors (Lipinski definition) is 18. The maximum atomic E-state index is 14.6. The highest BCUT2D eigenvalue weighted by atomic mass is 16.4. The molecule has 0 radical (unpaired) electrons. The van der Waals surface area contributed by atoms with Crippen molar-refractivity contribution >= 4 is 88.7 Å². The molecule has 0 bridgehead atoms. The van der Waals surface area contributed by atoms with Crippen molar-refractivity contribution in [2.75, 3.05) is 32.9 Å². The lowest BCUT2D eigenvalue weighted by atomic mass is 10.00. The maximum Gasteiger partial charge on any atom is 0.328 e. The van der Waals surface area contributed by atoms with E-state index < -0.39 is 213 Å². The van der Waals surface area contributed by atoms with E-state index in [1.54, 1.807) is 58.0 Å². The second-order valence-electron chi connectivity index (χ2n) is 24.3. The Kier molecular flexibility index (Phi) is 31.7. The largest absolute Gasteiger partial charge is 0.481 e. The van der Waals surface area contributed by atoms with Gasteiger partial charge in [-0.2, -0.15) is 0 Å². The fraction of sp³-hybridized carbons (Fsp3) is 0.600. The Labute approximate surface area is 551 Å². The summed E-state index contributed by atoms with van der Waals surface area (Å²) in [6, 6.07) is -10.4. The van der Waals surface area contributed by atoms with Crippen molar-refractivity contribution in [3.63, 3.8) is 0 Å². The van der Waals surface area contributed by atoms with Gasteiger partial charge in [0, 0.05) is 50.7 Å². The molecule has 12 atom stereocenters. The van der Waals surface area contributed by atoms with E-state index in [9.17, 15) is 97.5 Å². The smallest absolute Gasteiger partial charge is 0.328 e. The number of aromatic nitrogens is 2. The van der Waals surface area contributed by atoms with Gasteiger partial charge in [0.05, 0.1) is 38.6 Å². The number of aliphatic hydroxyl groups is 3. The van der Waals surface area contributed by atoms with Crippen molar-refractivity contribution in [2.45, 2.75) is 184 Å². The molecule has 4 rings (SSSR count). The highest BCUT2D eigenvalue weighted by Crippen LogP contribution is 2.23. The molecule has 0 spiro atoms. The van der Waals surface area contributed by atoms with Crippen molar-refractivity contribution in [1.82, 2.24) is 67.6 Å². The minimum atomic E-state index is -1.96. The summed E-state index contributed by atoms with van der Waals surface area (Å²) in [7, 11) is 0. The number of likely N-dealkylation sites (tertiary alicyclic amines) is 2. The summed E-state index contributed by atoms with van der Waals surface area (Å²) < 4.78 is 0. The van der Waals surface area contributed by atoms with E-state index in [1.807, 2.05) is 5.32 Å². The molecular formula is C60H90N16O20. The molecule has 13 amide bonds. The Morgan fingerprint density at radius 1 is 0.521 bits per heavy atom. The number of nitrogens with one attached hydrogen (secondary N) is 10. The quantitative estimate of drug-likeness (QED) is 0.0295. The fourth-order valence-electron chi connectivity index (χ4n) is 10.7. The number of carboxylic acids is 2. The molecule has 2 saturated heterocycles. The molecule has 0 saturated carbocycles. The molecule has 1 aromatic carbocycles. The first kappa shape index (κ1) is 78.8. The first-order valence-corrected chi connectivity index (χ1v) is 31.3. The number of carbonyl (C=O) groups is 15. The number of benzene rings is 1. The van der Waals surface area contributed by atoms with Crippen LogP contribution in [0.2, 0.25) is 0 Å². The molecule has 36 heteroatoms. The second kappa shape index (κ2) is 38.6. The number of rotatable bonds is 40. The van der Waals surface area contributed by atoms with E-state index >= 15 is 0 Å². The number of amides is 13. The minimum absolute atomic E-state index is 0.0400. The van der Waals surface area contributed by atoms with Crippen LogP contribution in [0.25, 0.3) is 0 Å². The first-order chi connectivity index (χ1) is 45.4. The molecule has 2 fully saturated rings. The van der Waals surface area contributed by atoms with Crippen molar-refractivity contribution in [3.8, 4) is 0 Å². The zero-order valence-corrected chi connectivity index (χ0v) is 53.8. The molecule has 2 aliphatic rings. The number of carboxylic acid groups (broad SMARTS) is 2. The van der Waals surface area contributed by atoms with Crippen LogP contribution in [0.1, 0.15) is 110 Å². The van der Waals surface area contributed by atoms with Crippen LogP contribution in [0.5, 0.6) is 0 Å². The van der Waals surface area contributed by atoms with E-state index in [2.05, 4.69) is 52.5 Å². The third kappa shape index (κ3) is 24.9. The molecule has 36 nitrogen and oxygen atoms in total. The normalized spacial score (nSPS) is 17.5. The Bertz CT molecular complexity index is 3060. The van der Waals surface area contributed by atoms with Crippen LogP contribution in [0.4, 0.5) is 0 Å². The third-order valence-corrected chi connectivity index (χ3v) is 15.6. The maximum absolute atomic E-state index is 14.6. The number of aliphatic hydroxyl groups excluding tert-OH is 3. The van der Waals surface area contributed by atoms with Crippen LogP contribution in [0, 0.1) is 11.8 Å². The summed E-state index contributed by atoms with van der Waals surface area (Å²) in [5, 5.41) is 70.0. The molecule has 1 aromatic heterocycles. The van der Waals surface area contributed by atoms with Gasteiger partial charge in [-0.3, -0.25) is 67.1 Å². The van der Waals surface area contributed by atoms with Crippen LogP contribution in [-0.2, 0) is 84.8 Å². The summed E-state index contributed by atoms with van der Waals surface area (Å²) >= 11 is 0. The number of nitrogens with two attached hydrogens (primary N) is 3. The summed E-state index contributed by atoms with van der Waals surface area (Å²) in [5.74, 6) is -16.8. The zero-order valence-electron chi connectivity index (χ0n) is 53.8. The monoisotopic (exact) mass is 1350 g/mol. The number of aliphatic carboxylic acids is 2. The summed E-state index contributed by atoms with van der Waals surface area (Å²) in [6.45, 7) is 3.53. The van der Waals surface area contributed by atoms with Crippen LogP contribution in [0.3, 0.4) is 0 Å². The van der Waals surface area contributed by atoms with Gasteiger partial charge in [0.15, 0.2) is 0 Å². The van der Waals surface area contributed by atoms with Gasteiger partial charge < -0.3 is 105 Å². The zero-order chi connectivity index (χ0) is 71.5. The number of imidazole rings is 1. The van der Waals surface area contributed by atoms with Crippen LogP contribution >= 0.6 is 0 Å². The van der Waals surface area contributed by atoms with E-state index in [1.165, 1.54) is 17.4 Å². The SMILES string of the molecule is CC(C)C[C@H](NC(=O)[C@H](CCC(N)=O)NC(=O)[C@H](CC(C)C)NC(=O)[C@@H]1CCCN1C(=O)[C@H](CCC(=O)O)NC(=O)[C@H](CC(N)=O)NC(=O)[C@H](CO)NC(=O)[C@H](Cc1ccccc1)NC(=O)[C@@H]1CCCN1C(=O)[C@@H](N)Cc1cnc[nH]1)C(=O)N[C@@H](CO)C(=O)N[C@@H](CO)C(=O)O. The highest BCUT2D eigenvalue weighted by molar-refractivity contribution is 6.00. The number of carbonyl (C=O) groups excluding carboxylic acids is 13. The topological polar surface area (TPSA) is 579 Å². The van der Waals surface area contributed by atoms with Crippen molar-refractivity contribution in [2.24, 2.45) is 29.0 Å². The van der Waals surface area contributed by atoms with Crippen molar-refractivity contribution < 1.29 is 97.5 Å². The van der Waals surface area contributed by atoms with Gasteiger partial charge in [-0.1, -0.05) is 58.0 Å². The van der Waals surface area contributed by atoms with E-state index in [0.717, 1.165) is 4.90 Å². The van der Waals surface area contributed by atoms with Crippen LogP contribution in [-0.4, -0.2) is 239 Å². The molecule has 0 aliphatic carbocycles. The van der Waals surface area contributed by atoms with Crippen molar-refractivity contribution in [3.05, 3.63) is 54.1 Å². The Hall–Kier alpha value is -9.68. The summed E-state index contributed by atoms with van der Waals surface area (Å²) in [5.41, 5.74) is 18.3. The number of H-pyrrole nitrogens is 1. The van der Waals surface area contributed by atoms with Gasteiger partial charge in [-0.05, 0) is 68.8 Å². The van der Waals surface area contributed by atoms with Gasteiger partial charge >= 0.3 is 11.9 Å². The van der Waals surface area contributed by atoms with Crippen LogP contribution < -0.4 is 65.1 Å². The lowest BCUT2D eigenvalue weighted by Crippen LogP contribution is -2.61. The van der Waals surface area contributed by atoms with Gasteiger partial charge in [0.2, 0.25) is 76.8 Å². The molecule has 21 N–H and O–H groups in total. The number of nitrogens with zero attached hydrogens (tertiary/aromatic N) is 3. The summed E-state index contributed by atoms with van der Waals surface area (Å²) in [6.07, 6.45) is 0.128. The van der Waals surface area contributed by atoms with E-state index in [-0.39, 0.29) is 69.9 Å². The second-order valence-corrected chi connectivity index (χ2v) is 24.3. The number of aromatic amines is 1. The van der Waals surface area contributed by atoms with Gasteiger partial charge in [0.1, 0.15) is 66.5 Å². The molecule has 530 valence electrons. The average molecular weight is 1360 g/mol. The number of primary amides is 2. The highest BCUT2D eigenvalue weighted by Gasteiger charge is 2.43. The third-order valence-electron chi connectivity index (χ3n) is 15.6. The van der Waals surface area contributed by atoms with Crippen LogP contribution in [0.15, 0.2) is 42.9 Å². The Morgan fingerprint density at radius 2 is 0.948 bits per heavy atom. The van der Waals surface area contributed by atoms with E-state index in [4.69, 9.17) is 17.2 Å². The average Bonchev–Trinajstić information content (AvgIpc) is 1.63. The summed E-state index contributed by atoms with van der Waals surface area (Å²) in [4.78, 5) is 210. The van der Waals surface area contributed by atoms with Gasteiger partial charge in [-0.15, -0.1) is 0 Å².